The van der Waals surface area contributed by atoms with Crippen molar-refractivity contribution in [1.29, 1.82) is 0 Å². The second-order valence-corrected chi connectivity index (χ2v) is 10.3. The van der Waals surface area contributed by atoms with Crippen LogP contribution in [-0.2, 0) is 10.0 Å². The number of sulfonamides is 1. The summed E-state index contributed by atoms with van der Waals surface area (Å²) in [4.78, 5) is 22.0. The predicted octanol–water partition coefficient (Wildman–Crippen LogP) is 2.66. The van der Waals surface area contributed by atoms with Crippen molar-refractivity contribution >= 4 is 26.0 Å². The summed E-state index contributed by atoms with van der Waals surface area (Å²) in [5.74, 6) is 0.758. The monoisotopic (exact) mass is 498 g/mol. The van der Waals surface area contributed by atoms with E-state index < -0.39 is 10.0 Å². The number of benzene rings is 1. The molecule has 1 aliphatic heterocycles. The van der Waals surface area contributed by atoms with E-state index >= 15 is 0 Å². The van der Waals surface area contributed by atoms with Gasteiger partial charge in [-0.25, -0.2) is 13.4 Å². The average Bonchev–Trinajstić information content (AvgIpc) is 2.70. The summed E-state index contributed by atoms with van der Waals surface area (Å²) in [5, 5.41) is 0. The fourth-order valence-electron chi connectivity index (χ4n) is 3.30. The molecule has 0 radical (unpaired) electrons. The number of likely N-dealkylation sites (N-methyl/N-ethyl adjacent to an activating group) is 1. The first-order valence-corrected chi connectivity index (χ1v) is 12.1. The molecule has 1 aliphatic rings. The zero-order valence-corrected chi connectivity index (χ0v) is 20.0. The van der Waals surface area contributed by atoms with Gasteiger partial charge >= 0.3 is 0 Å². The highest BCUT2D eigenvalue weighted by Gasteiger charge is 2.28. The Morgan fingerprint density at radius 1 is 1.23 bits per heavy atom. The predicted molar refractivity (Wildman–Crippen MR) is 120 cm³/mol. The van der Waals surface area contributed by atoms with Crippen LogP contribution < -0.4 is 10.3 Å². The minimum Gasteiger partial charge on any atom is -0.493 e. The summed E-state index contributed by atoms with van der Waals surface area (Å²) >= 11 is 3.30. The summed E-state index contributed by atoms with van der Waals surface area (Å²) in [6, 6.07) is 4.70. The van der Waals surface area contributed by atoms with Crippen LogP contribution in [0.2, 0.25) is 0 Å². The van der Waals surface area contributed by atoms with Crippen LogP contribution in [0.25, 0.3) is 11.4 Å². The molecule has 0 amide bonds. The van der Waals surface area contributed by atoms with Gasteiger partial charge in [-0.3, -0.25) is 4.79 Å². The van der Waals surface area contributed by atoms with Crippen LogP contribution in [0.1, 0.15) is 32.4 Å². The highest BCUT2D eigenvalue weighted by atomic mass is 79.9. The molecular formula is C20H27BrN4O4S. The first-order chi connectivity index (χ1) is 14.1. The zero-order valence-electron chi connectivity index (χ0n) is 17.6. The van der Waals surface area contributed by atoms with Crippen molar-refractivity contribution in [2.24, 2.45) is 0 Å². The van der Waals surface area contributed by atoms with E-state index in [9.17, 15) is 13.2 Å². The Labute approximate surface area is 185 Å². The Balaban J connectivity index is 2.12. The topological polar surface area (TPSA) is 95.6 Å². The lowest BCUT2D eigenvalue weighted by atomic mass is 10.1. The van der Waals surface area contributed by atoms with E-state index in [-0.39, 0.29) is 22.2 Å². The fourth-order valence-corrected chi connectivity index (χ4v) is 5.39. The SMILES string of the molecule is CCOc1ccc(S(=O)(=O)N2CCN(C)CC2)cc1-c1nc(C(C)C)c(Br)c(=O)[nH]1. The van der Waals surface area contributed by atoms with Crippen LogP contribution in [0.3, 0.4) is 0 Å². The van der Waals surface area contributed by atoms with E-state index in [0.717, 1.165) is 0 Å². The van der Waals surface area contributed by atoms with E-state index in [1.165, 1.54) is 10.4 Å². The van der Waals surface area contributed by atoms with Gasteiger partial charge in [0, 0.05) is 26.2 Å². The highest BCUT2D eigenvalue weighted by Crippen LogP contribution is 2.32. The average molecular weight is 499 g/mol. The lowest BCUT2D eigenvalue weighted by molar-refractivity contribution is 0.222. The van der Waals surface area contributed by atoms with Crippen molar-refractivity contribution in [1.82, 2.24) is 19.2 Å². The highest BCUT2D eigenvalue weighted by molar-refractivity contribution is 9.10. The van der Waals surface area contributed by atoms with Gasteiger partial charge in [0.05, 0.1) is 22.8 Å². The van der Waals surface area contributed by atoms with Crippen LogP contribution in [0.4, 0.5) is 0 Å². The number of hydrogen-bond acceptors (Lipinski definition) is 6. The number of piperazine rings is 1. The van der Waals surface area contributed by atoms with Crippen LogP contribution in [0.15, 0.2) is 32.4 Å². The molecule has 1 aromatic heterocycles. The van der Waals surface area contributed by atoms with E-state index in [1.807, 2.05) is 27.8 Å². The van der Waals surface area contributed by atoms with Crippen molar-refractivity contribution in [3.05, 3.63) is 38.7 Å². The largest absolute Gasteiger partial charge is 0.493 e. The zero-order chi connectivity index (χ0) is 22.1. The van der Waals surface area contributed by atoms with E-state index in [0.29, 0.717) is 54.3 Å². The van der Waals surface area contributed by atoms with E-state index in [2.05, 4.69) is 30.8 Å². The van der Waals surface area contributed by atoms with Gasteiger partial charge in [0.2, 0.25) is 10.0 Å². The Morgan fingerprint density at radius 2 is 1.90 bits per heavy atom. The van der Waals surface area contributed by atoms with Gasteiger partial charge < -0.3 is 14.6 Å². The third-order valence-electron chi connectivity index (χ3n) is 5.04. The molecule has 1 N–H and O–H groups in total. The molecule has 0 unspecified atom stereocenters. The summed E-state index contributed by atoms with van der Waals surface area (Å²) < 4.78 is 34.0. The molecule has 164 valence electrons. The standard InChI is InChI=1S/C20H27BrN4O4S/c1-5-29-16-7-6-14(30(27,28)25-10-8-24(4)9-11-25)12-15(16)19-22-18(13(2)3)17(21)20(26)23-19/h6-7,12-13H,5,8-11H2,1-4H3,(H,22,23,26). The van der Waals surface area contributed by atoms with Gasteiger partial charge in [0.25, 0.3) is 5.56 Å². The lowest BCUT2D eigenvalue weighted by Crippen LogP contribution is -2.47. The van der Waals surface area contributed by atoms with Crippen molar-refractivity contribution in [3.8, 4) is 17.1 Å². The molecule has 0 saturated carbocycles. The molecule has 1 saturated heterocycles. The van der Waals surface area contributed by atoms with Crippen LogP contribution in [0.5, 0.6) is 5.75 Å². The molecule has 2 aromatic rings. The summed E-state index contributed by atoms with van der Waals surface area (Å²) in [7, 11) is -1.70. The number of ether oxygens (including phenoxy) is 1. The van der Waals surface area contributed by atoms with Gasteiger partial charge in [-0.2, -0.15) is 4.31 Å². The summed E-state index contributed by atoms with van der Waals surface area (Å²) in [5.41, 5.74) is 0.723. The Bertz CT molecular complexity index is 1080. The van der Waals surface area contributed by atoms with Gasteiger partial charge in [-0.15, -0.1) is 0 Å². The number of hydrogen-bond donors (Lipinski definition) is 1. The number of halogens is 1. The van der Waals surface area contributed by atoms with Gasteiger partial charge in [-0.1, -0.05) is 13.8 Å². The molecule has 2 heterocycles. The molecular weight excluding hydrogens is 472 g/mol. The van der Waals surface area contributed by atoms with Gasteiger partial charge in [-0.05, 0) is 54.0 Å². The summed E-state index contributed by atoms with van der Waals surface area (Å²) in [6.45, 7) is 8.36. The van der Waals surface area contributed by atoms with E-state index in [4.69, 9.17) is 4.74 Å². The second-order valence-electron chi connectivity index (χ2n) is 7.57. The van der Waals surface area contributed by atoms with Crippen LogP contribution >= 0.6 is 15.9 Å². The molecule has 1 fully saturated rings. The maximum absolute atomic E-state index is 13.2. The number of aromatic amines is 1. The summed E-state index contributed by atoms with van der Waals surface area (Å²) in [6.07, 6.45) is 0. The molecule has 30 heavy (non-hydrogen) atoms. The van der Waals surface area contributed by atoms with Crippen LogP contribution in [0, 0.1) is 0 Å². The Morgan fingerprint density at radius 3 is 2.50 bits per heavy atom. The maximum atomic E-state index is 13.2. The third-order valence-corrected chi connectivity index (χ3v) is 7.70. The molecule has 3 rings (SSSR count). The number of nitrogens with zero attached hydrogens (tertiary/aromatic N) is 3. The first kappa shape index (κ1) is 22.9. The number of aromatic nitrogens is 2. The minimum atomic E-state index is -3.67. The normalized spacial score (nSPS) is 16.2. The Hall–Kier alpha value is -1.75. The molecule has 1 aromatic carbocycles. The molecule has 10 heteroatoms. The third kappa shape index (κ3) is 4.61. The molecule has 8 nitrogen and oxygen atoms in total. The maximum Gasteiger partial charge on any atom is 0.265 e. The quantitative estimate of drug-likeness (QED) is 0.657. The number of H-pyrrole nitrogens is 1. The second kappa shape index (κ2) is 9.17. The number of rotatable bonds is 6. The Kier molecular flexibility index (Phi) is 7.01. The smallest absolute Gasteiger partial charge is 0.265 e. The first-order valence-electron chi connectivity index (χ1n) is 9.90. The van der Waals surface area contributed by atoms with Crippen molar-refractivity contribution in [2.45, 2.75) is 31.6 Å². The molecule has 0 spiro atoms. The molecule has 0 atom stereocenters. The van der Waals surface area contributed by atoms with Crippen LogP contribution in [-0.4, -0.2) is 67.4 Å². The number of nitrogens with one attached hydrogen (secondary N) is 1. The molecule has 0 aliphatic carbocycles. The van der Waals surface area contributed by atoms with Gasteiger partial charge in [0.15, 0.2) is 0 Å². The lowest BCUT2D eigenvalue weighted by Gasteiger charge is -2.31. The van der Waals surface area contributed by atoms with Gasteiger partial charge in [0.1, 0.15) is 16.0 Å². The fraction of sp³-hybridized carbons (Fsp3) is 0.500. The minimum absolute atomic E-state index is 0.00761. The van der Waals surface area contributed by atoms with Crippen molar-refractivity contribution in [2.75, 3.05) is 39.8 Å². The van der Waals surface area contributed by atoms with E-state index in [1.54, 1.807) is 12.1 Å². The van der Waals surface area contributed by atoms with Crippen molar-refractivity contribution in [3.63, 3.8) is 0 Å². The molecule has 0 bridgehead atoms. The van der Waals surface area contributed by atoms with Crippen molar-refractivity contribution < 1.29 is 13.2 Å².